The minimum Gasteiger partial charge on any atom is -0.497 e. The van der Waals surface area contributed by atoms with E-state index in [4.69, 9.17) is 9.47 Å². The number of nitrogens with one attached hydrogen (secondary N) is 2. The molecule has 106 valence electrons. The van der Waals surface area contributed by atoms with Gasteiger partial charge in [-0.3, -0.25) is 0 Å². The molecule has 1 aliphatic rings. The Labute approximate surface area is 115 Å². The fourth-order valence-electron chi connectivity index (χ4n) is 2.76. The minimum atomic E-state index is 0.325. The molecule has 0 amide bonds. The van der Waals surface area contributed by atoms with Crippen LogP contribution in [0.25, 0.3) is 0 Å². The van der Waals surface area contributed by atoms with Crippen LogP contribution in [-0.4, -0.2) is 34.4 Å². The fourth-order valence-corrected chi connectivity index (χ4v) is 2.76. The van der Waals surface area contributed by atoms with Gasteiger partial charge < -0.3 is 20.1 Å². The van der Waals surface area contributed by atoms with Crippen LogP contribution in [0.3, 0.4) is 0 Å². The molecule has 1 aromatic carbocycles. The van der Waals surface area contributed by atoms with Crippen molar-refractivity contribution in [2.45, 2.75) is 18.9 Å². The number of hydrogen-bond donors (Lipinski definition) is 2. The highest BCUT2D eigenvalue weighted by molar-refractivity contribution is 5.42. The summed E-state index contributed by atoms with van der Waals surface area (Å²) < 4.78 is 10.7. The maximum Gasteiger partial charge on any atom is 0.127 e. The van der Waals surface area contributed by atoms with E-state index in [9.17, 15) is 0 Å². The number of benzene rings is 1. The van der Waals surface area contributed by atoms with Crippen LogP contribution in [0.15, 0.2) is 18.2 Å². The molecule has 1 heterocycles. The summed E-state index contributed by atoms with van der Waals surface area (Å²) in [5.41, 5.74) is 1.21. The minimum absolute atomic E-state index is 0.325. The molecule has 2 atom stereocenters. The lowest BCUT2D eigenvalue weighted by Gasteiger charge is -2.22. The maximum atomic E-state index is 5.50. The maximum absolute atomic E-state index is 5.50. The van der Waals surface area contributed by atoms with E-state index in [0.29, 0.717) is 6.04 Å². The normalized spacial score (nSPS) is 20.3. The summed E-state index contributed by atoms with van der Waals surface area (Å²) in [6, 6.07) is 6.37. The summed E-state index contributed by atoms with van der Waals surface area (Å²) in [7, 11) is 5.40. The molecule has 2 N–H and O–H groups in total. The van der Waals surface area contributed by atoms with Crippen molar-refractivity contribution >= 4 is 0 Å². The van der Waals surface area contributed by atoms with E-state index in [-0.39, 0.29) is 0 Å². The first-order chi connectivity index (χ1) is 9.28. The SMILES string of the molecule is CNC(CC1CCNC1)c1ccc(OC)cc1OC. The Morgan fingerprint density at radius 3 is 2.79 bits per heavy atom. The molecule has 0 saturated carbocycles. The molecule has 1 fully saturated rings. The molecule has 2 rings (SSSR count). The van der Waals surface area contributed by atoms with Crippen LogP contribution >= 0.6 is 0 Å². The first-order valence-corrected chi connectivity index (χ1v) is 6.88. The van der Waals surface area contributed by atoms with Gasteiger partial charge in [0.05, 0.1) is 14.2 Å². The predicted molar refractivity (Wildman–Crippen MR) is 76.9 cm³/mol. The highest BCUT2D eigenvalue weighted by Crippen LogP contribution is 2.33. The summed E-state index contributed by atoms with van der Waals surface area (Å²) in [4.78, 5) is 0. The molecule has 0 radical (unpaired) electrons. The first kappa shape index (κ1) is 14.2. The zero-order chi connectivity index (χ0) is 13.7. The van der Waals surface area contributed by atoms with Crippen molar-refractivity contribution in [2.75, 3.05) is 34.4 Å². The van der Waals surface area contributed by atoms with Gasteiger partial charge in [0.1, 0.15) is 11.5 Å². The Morgan fingerprint density at radius 1 is 1.37 bits per heavy atom. The molecule has 1 aromatic rings. The van der Waals surface area contributed by atoms with E-state index < -0.39 is 0 Å². The third-order valence-corrected chi connectivity index (χ3v) is 3.90. The molecule has 0 aromatic heterocycles. The van der Waals surface area contributed by atoms with Crippen molar-refractivity contribution < 1.29 is 9.47 Å². The van der Waals surface area contributed by atoms with Crippen LogP contribution in [0, 0.1) is 5.92 Å². The molecule has 0 aliphatic carbocycles. The van der Waals surface area contributed by atoms with E-state index in [2.05, 4.69) is 16.7 Å². The molecule has 4 heteroatoms. The Hall–Kier alpha value is -1.26. The van der Waals surface area contributed by atoms with Gasteiger partial charge in [-0.15, -0.1) is 0 Å². The molecule has 2 unspecified atom stereocenters. The first-order valence-electron chi connectivity index (χ1n) is 6.88. The molecular weight excluding hydrogens is 240 g/mol. The van der Waals surface area contributed by atoms with E-state index >= 15 is 0 Å². The van der Waals surface area contributed by atoms with Crippen LogP contribution < -0.4 is 20.1 Å². The summed E-state index contributed by atoms with van der Waals surface area (Å²) in [5.74, 6) is 2.46. The van der Waals surface area contributed by atoms with Crippen LogP contribution in [0.4, 0.5) is 0 Å². The van der Waals surface area contributed by atoms with Crippen molar-refractivity contribution in [2.24, 2.45) is 5.92 Å². The van der Waals surface area contributed by atoms with Crippen molar-refractivity contribution in [3.8, 4) is 11.5 Å². The predicted octanol–water partition coefficient (Wildman–Crippen LogP) is 1.96. The lowest BCUT2D eigenvalue weighted by atomic mass is 9.93. The Kier molecular flexibility index (Phi) is 5.05. The van der Waals surface area contributed by atoms with Gasteiger partial charge in [0.15, 0.2) is 0 Å². The summed E-state index contributed by atoms with van der Waals surface area (Å²) in [6.07, 6.45) is 2.39. The zero-order valence-electron chi connectivity index (χ0n) is 12.0. The molecule has 1 aliphatic heterocycles. The average Bonchev–Trinajstić information content (AvgIpc) is 2.97. The van der Waals surface area contributed by atoms with Gasteiger partial charge in [-0.2, -0.15) is 0 Å². The fraction of sp³-hybridized carbons (Fsp3) is 0.600. The van der Waals surface area contributed by atoms with Crippen LogP contribution in [0.2, 0.25) is 0 Å². The standard InChI is InChI=1S/C15H24N2O2/c1-16-14(8-11-6-7-17-10-11)13-5-4-12(18-2)9-15(13)19-3/h4-5,9,11,14,16-17H,6-8,10H2,1-3H3. The van der Waals surface area contributed by atoms with E-state index in [1.165, 1.54) is 12.0 Å². The monoisotopic (exact) mass is 264 g/mol. The van der Waals surface area contributed by atoms with Gasteiger partial charge in [-0.1, -0.05) is 6.07 Å². The topological polar surface area (TPSA) is 42.5 Å². The highest BCUT2D eigenvalue weighted by Gasteiger charge is 2.22. The molecule has 1 saturated heterocycles. The van der Waals surface area contributed by atoms with Crippen LogP contribution in [-0.2, 0) is 0 Å². The highest BCUT2D eigenvalue weighted by atomic mass is 16.5. The van der Waals surface area contributed by atoms with Gasteiger partial charge in [-0.25, -0.2) is 0 Å². The summed E-state index contributed by atoms with van der Waals surface area (Å²) >= 11 is 0. The molecular formula is C15H24N2O2. The van der Waals surface area contributed by atoms with Crippen molar-refractivity contribution in [1.82, 2.24) is 10.6 Å². The lowest BCUT2D eigenvalue weighted by molar-refractivity contribution is 0.374. The number of rotatable bonds is 6. The second kappa shape index (κ2) is 6.78. The Bertz CT molecular complexity index is 403. The molecule has 0 bridgehead atoms. The molecule has 0 spiro atoms. The van der Waals surface area contributed by atoms with Gasteiger partial charge >= 0.3 is 0 Å². The molecule has 19 heavy (non-hydrogen) atoms. The summed E-state index contributed by atoms with van der Waals surface area (Å²) in [5, 5.41) is 6.83. The number of hydrogen-bond acceptors (Lipinski definition) is 4. The third kappa shape index (κ3) is 3.39. The number of methoxy groups -OCH3 is 2. The van der Waals surface area contributed by atoms with Gasteiger partial charge in [0.2, 0.25) is 0 Å². The second-order valence-electron chi connectivity index (χ2n) is 5.04. The summed E-state index contributed by atoms with van der Waals surface area (Å²) in [6.45, 7) is 2.26. The lowest BCUT2D eigenvalue weighted by Crippen LogP contribution is -2.21. The van der Waals surface area contributed by atoms with Crippen LogP contribution in [0.5, 0.6) is 11.5 Å². The van der Waals surface area contributed by atoms with Crippen molar-refractivity contribution in [3.05, 3.63) is 23.8 Å². The van der Waals surface area contributed by atoms with Gasteiger partial charge in [0.25, 0.3) is 0 Å². The largest absolute Gasteiger partial charge is 0.497 e. The van der Waals surface area contributed by atoms with Crippen molar-refractivity contribution in [3.63, 3.8) is 0 Å². The van der Waals surface area contributed by atoms with Gasteiger partial charge in [0, 0.05) is 17.7 Å². The number of ether oxygens (including phenoxy) is 2. The third-order valence-electron chi connectivity index (χ3n) is 3.90. The second-order valence-corrected chi connectivity index (χ2v) is 5.04. The Morgan fingerprint density at radius 2 is 2.21 bits per heavy atom. The zero-order valence-corrected chi connectivity index (χ0v) is 12.0. The smallest absolute Gasteiger partial charge is 0.127 e. The average molecular weight is 264 g/mol. The van der Waals surface area contributed by atoms with Crippen molar-refractivity contribution in [1.29, 1.82) is 0 Å². The van der Waals surface area contributed by atoms with Crippen LogP contribution in [0.1, 0.15) is 24.4 Å². The van der Waals surface area contributed by atoms with Gasteiger partial charge in [-0.05, 0) is 45.0 Å². The van der Waals surface area contributed by atoms with E-state index in [0.717, 1.165) is 36.9 Å². The Balaban J connectivity index is 2.16. The van der Waals surface area contributed by atoms with E-state index in [1.54, 1.807) is 14.2 Å². The van der Waals surface area contributed by atoms with E-state index in [1.807, 2.05) is 19.2 Å². The quantitative estimate of drug-likeness (QED) is 0.824. The molecule has 4 nitrogen and oxygen atoms in total.